The average Bonchev–Trinajstić information content (AvgIpc) is 2.77. The molecule has 31 heavy (non-hydrogen) atoms. The van der Waals surface area contributed by atoms with Crippen molar-refractivity contribution in [3.63, 3.8) is 0 Å². The van der Waals surface area contributed by atoms with E-state index in [2.05, 4.69) is 5.32 Å². The average molecular weight is 420 g/mol. The molecule has 0 radical (unpaired) electrons. The Morgan fingerprint density at radius 2 is 1.68 bits per heavy atom. The quantitative estimate of drug-likeness (QED) is 0.370. The van der Waals surface area contributed by atoms with Crippen molar-refractivity contribution in [1.29, 1.82) is 0 Å². The van der Waals surface area contributed by atoms with Crippen LogP contribution in [0.1, 0.15) is 15.9 Å². The van der Waals surface area contributed by atoms with Crippen LogP contribution in [0.4, 0.5) is 15.8 Å². The zero-order valence-corrected chi connectivity index (χ0v) is 17.8. The monoisotopic (exact) mass is 420 g/mol. The number of methoxy groups -OCH3 is 1. The number of anilines is 2. The lowest BCUT2D eigenvalue weighted by Gasteiger charge is -2.14. The van der Waals surface area contributed by atoms with Crippen molar-refractivity contribution in [1.82, 2.24) is 4.90 Å². The summed E-state index contributed by atoms with van der Waals surface area (Å²) in [7, 11) is 5.10. The Labute approximate surface area is 181 Å². The molecule has 0 saturated heterocycles. The van der Waals surface area contributed by atoms with E-state index in [1.54, 1.807) is 41.4 Å². The molecule has 0 heterocycles. The fourth-order valence-electron chi connectivity index (χ4n) is 2.88. The Bertz CT molecular complexity index is 1070. The van der Waals surface area contributed by atoms with Crippen molar-refractivity contribution in [3.8, 4) is 11.5 Å². The molecule has 160 valence electrons. The number of halogens is 1. The first-order valence-corrected chi connectivity index (χ1v) is 9.76. The SMILES string of the molecule is COc1ccc(Nc2ccc(OCc3ccccc3)c(C(=O)C=CN(C)C)c2)cc1F. The minimum Gasteiger partial charge on any atom is -0.494 e. The Hall–Kier alpha value is -3.80. The van der Waals surface area contributed by atoms with Gasteiger partial charge in [-0.05, 0) is 35.9 Å². The second kappa shape index (κ2) is 10.3. The predicted molar refractivity (Wildman–Crippen MR) is 121 cm³/mol. The van der Waals surface area contributed by atoms with E-state index < -0.39 is 5.82 Å². The summed E-state index contributed by atoms with van der Waals surface area (Å²) in [5.74, 6) is -0.0227. The van der Waals surface area contributed by atoms with Crippen LogP contribution in [-0.2, 0) is 6.61 Å². The minimum atomic E-state index is -0.472. The third-order valence-electron chi connectivity index (χ3n) is 4.45. The number of nitrogens with one attached hydrogen (secondary N) is 1. The summed E-state index contributed by atoms with van der Waals surface area (Å²) in [6.45, 7) is 0.342. The van der Waals surface area contributed by atoms with Gasteiger partial charge in [0, 0.05) is 43.8 Å². The summed E-state index contributed by atoms with van der Waals surface area (Å²) >= 11 is 0. The van der Waals surface area contributed by atoms with E-state index in [-0.39, 0.29) is 11.5 Å². The number of hydrogen-bond acceptors (Lipinski definition) is 5. The number of hydrogen-bond donors (Lipinski definition) is 1. The van der Waals surface area contributed by atoms with Gasteiger partial charge in [0.1, 0.15) is 12.4 Å². The fourth-order valence-corrected chi connectivity index (χ4v) is 2.88. The molecule has 3 rings (SSSR count). The van der Waals surface area contributed by atoms with Crippen molar-refractivity contribution in [2.45, 2.75) is 6.61 Å². The number of carbonyl (C=O) groups excluding carboxylic acids is 1. The number of ketones is 1. The Morgan fingerprint density at radius 3 is 2.32 bits per heavy atom. The molecule has 0 atom stereocenters. The number of allylic oxidation sites excluding steroid dienone is 1. The Kier molecular flexibility index (Phi) is 7.27. The van der Waals surface area contributed by atoms with Gasteiger partial charge in [0.25, 0.3) is 0 Å². The highest BCUT2D eigenvalue weighted by Gasteiger charge is 2.13. The molecule has 0 aromatic heterocycles. The highest BCUT2D eigenvalue weighted by Crippen LogP contribution is 2.28. The van der Waals surface area contributed by atoms with Gasteiger partial charge in [-0.1, -0.05) is 30.3 Å². The number of benzene rings is 3. The summed E-state index contributed by atoms with van der Waals surface area (Å²) < 4.78 is 24.9. The summed E-state index contributed by atoms with van der Waals surface area (Å²) in [5.41, 5.74) is 2.59. The fraction of sp³-hybridized carbons (Fsp3) is 0.160. The minimum absolute atomic E-state index is 0.167. The van der Waals surface area contributed by atoms with Crippen molar-refractivity contribution < 1.29 is 18.7 Å². The van der Waals surface area contributed by atoms with E-state index in [1.165, 1.54) is 19.3 Å². The molecule has 5 nitrogen and oxygen atoms in total. The summed E-state index contributed by atoms with van der Waals surface area (Å²) in [6, 6.07) is 19.5. The molecule has 3 aromatic rings. The van der Waals surface area contributed by atoms with Gasteiger partial charge >= 0.3 is 0 Å². The van der Waals surface area contributed by atoms with Crippen molar-refractivity contribution in [2.75, 3.05) is 26.5 Å². The summed E-state index contributed by atoms with van der Waals surface area (Å²) in [6.07, 6.45) is 3.17. The van der Waals surface area contributed by atoms with Gasteiger partial charge in [-0.15, -0.1) is 0 Å². The van der Waals surface area contributed by atoms with Crippen LogP contribution < -0.4 is 14.8 Å². The van der Waals surface area contributed by atoms with Crippen molar-refractivity contribution in [2.24, 2.45) is 0 Å². The van der Waals surface area contributed by atoms with Crippen LogP contribution in [0.25, 0.3) is 0 Å². The van der Waals surface area contributed by atoms with Gasteiger partial charge in [-0.2, -0.15) is 0 Å². The van der Waals surface area contributed by atoms with Gasteiger partial charge in [0.2, 0.25) is 0 Å². The number of ether oxygens (including phenoxy) is 2. The largest absolute Gasteiger partial charge is 0.494 e. The normalized spacial score (nSPS) is 10.7. The molecule has 0 aliphatic carbocycles. The van der Waals surface area contributed by atoms with Crippen LogP contribution in [-0.4, -0.2) is 31.9 Å². The van der Waals surface area contributed by atoms with E-state index in [4.69, 9.17) is 9.47 Å². The van der Waals surface area contributed by atoms with Crippen LogP contribution in [0.5, 0.6) is 11.5 Å². The standard InChI is InChI=1S/C25H25FN2O3/c1-28(2)14-13-23(29)21-15-19(27-20-10-12-25(30-3)22(26)16-20)9-11-24(21)31-17-18-7-5-4-6-8-18/h4-16,27H,17H2,1-3H3. The maximum absolute atomic E-state index is 14.0. The second-order valence-corrected chi connectivity index (χ2v) is 7.10. The zero-order valence-electron chi connectivity index (χ0n) is 17.8. The molecule has 0 aliphatic rings. The van der Waals surface area contributed by atoms with E-state index in [0.29, 0.717) is 29.3 Å². The molecule has 0 aliphatic heterocycles. The van der Waals surface area contributed by atoms with Crippen LogP contribution >= 0.6 is 0 Å². The van der Waals surface area contributed by atoms with E-state index in [0.717, 1.165) is 5.56 Å². The maximum atomic E-state index is 14.0. The Balaban J connectivity index is 1.86. The van der Waals surface area contributed by atoms with Crippen LogP contribution in [0.3, 0.4) is 0 Å². The first-order valence-electron chi connectivity index (χ1n) is 9.76. The molecule has 0 fully saturated rings. The molecule has 6 heteroatoms. The van der Waals surface area contributed by atoms with E-state index >= 15 is 0 Å². The smallest absolute Gasteiger partial charge is 0.191 e. The first kappa shape index (κ1) is 21.9. The van der Waals surface area contributed by atoms with Crippen LogP contribution in [0, 0.1) is 5.82 Å². The number of nitrogens with zero attached hydrogens (tertiary/aromatic N) is 1. The van der Waals surface area contributed by atoms with Crippen LogP contribution in [0.2, 0.25) is 0 Å². The lowest BCUT2D eigenvalue weighted by molar-refractivity contribution is 0.104. The third-order valence-corrected chi connectivity index (χ3v) is 4.45. The van der Waals surface area contributed by atoms with Crippen molar-refractivity contribution >= 4 is 17.2 Å². The summed E-state index contributed by atoms with van der Waals surface area (Å²) in [4.78, 5) is 14.6. The first-order chi connectivity index (χ1) is 15.0. The van der Waals surface area contributed by atoms with Gasteiger partial charge in [-0.25, -0.2) is 4.39 Å². The molecule has 0 bridgehead atoms. The lowest BCUT2D eigenvalue weighted by Crippen LogP contribution is -2.06. The van der Waals surface area contributed by atoms with Crippen LogP contribution in [0.15, 0.2) is 79.0 Å². The Morgan fingerprint density at radius 1 is 1.00 bits per heavy atom. The van der Waals surface area contributed by atoms with Gasteiger partial charge in [0.15, 0.2) is 17.3 Å². The molecule has 0 amide bonds. The maximum Gasteiger partial charge on any atom is 0.191 e. The molecular weight excluding hydrogens is 395 g/mol. The van der Waals surface area contributed by atoms with Crippen molar-refractivity contribution in [3.05, 3.63) is 96.0 Å². The van der Waals surface area contributed by atoms with E-state index in [1.807, 2.05) is 44.4 Å². The lowest BCUT2D eigenvalue weighted by atomic mass is 10.1. The predicted octanol–water partition coefficient (Wildman–Crippen LogP) is 5.41. The van der Waals surface area contributed by atoms with E-state index in [9.17, 15) is 9.18 Å². The van der Waals surface area contributed by atoms with Gasteiger partial charge in [0.05, 0.1) is 12.7 Å². The topological polar surface area (TPSA) is 50.8 Å². The van der Waals surface area contributed by atoms with Gasteiger partial charge in [-0.3, -0.25) is 4.79 Å². The number of rotatable bonds is 9. The molecule has 0 spiro atoms. The summed E-state index contributed by atoms with van der Waals surface area (Å²) in [5, 5.41) is 3.12. The number of carbonyl (C=O) groups is 1. The molecule has 1 N–H and O–H groups in total. The third kappa shape index (κ3) is 6.09. The molecule has 0 unspecified atom stereocenters. The molecular formula is C25H25FN2O3. The highest BCUT2D eigenvalue weighted by atomic mass is 19.1. The second-order valence-electron chi connectivity index (χ2n) is 7.10. The molecule has 3 aromatic carbocycles. The highest BCUT2D eigenvalue weighted by molar-refractivity contribution is 6.07. The van der Waals surface area contributed by atoms with Gasteiger partial charge < -0.3 is 19.7 Å². The molecule has 0 saturated carbocycles. The zero-order chi connectivity index (χ0) is 22.2.